The summed E-state index contributed by atoms with van der Waals surface area (Å²) in [5.41, 5.74) is 11.5. The van der Waals surface area contributed by atoms with Gasteiger partial charge in [0.05, 0.1) is 25.4 Å². The number of carbonyl (C=O) groups is 1. The van der Waals surface area contributed by atoms with Gasteiger partial charge in [-0.25, -0.2) is 4.98 Å². The van der Waals surface area contributed by atoms with Gasteiger partial charge in [-0.15, -0.1) is 0 Å². The molecule has 0 radical (unpaired) electrons. The van der Waals surface area contributed by atoms with E-state index in [2.05, 4.69) is 29.9 Å². The molecule has 2 fully saturated rings. The Bertz CT molecular complexity index is 1340. The molecule has 4 aliphatic heterocycles. The highest BCUT2D eigenvalue weighted by Crippen LogP contribution is 2.38. The number of aliphatic hydroxyl groups is 1. The molecule has 0 aromatic carbocycles. The summed E-state index contributed by atoms with van der Waals surface area (Å²) in [6.07, 6.45) is 3.94. The van der Waals surface area contributed by atoms with Crippen molar-refractivity contribution < 1.29 is 19.4 Å². The number of H-pyrrole nitrogens is 1. The summed E-state index contributed by atoms with van der Waals surface area (Å²) in [5, 5.41) is 9.95. The smallest absolute Gasteiger partial charge is 0.281 e. The Morgan fingerprint density at radius 2 is 2.06 bits per heavy atom. The number of aliphatic imine (C=N–C) groups is 3. The van der Waals surface area contributed by atoms with E-state index < -0.39 is 29.8 Å². The largest absolute Gasteiger partial charge is 0.394 e. The molecule has 0 saturated carbocycles. The summed E-state index contributed by atoms with van der Waals surface area (Å²) in [5.74, 6) is -0.168. The number of fused-ring (bicyclic) bond motifs is 2. The zero-order valence-electron chi connectivity index (χ0n) is 18.5. The lowest BCUT2D eigenvalue weighted by Crippen LogP contribution is -2.44. The Labute approximate surface area is 198 Å². The normalized spacial score (nSPS) is 32.3. The van der Waals surface area contributed by atoms with E-state index in [0.717, 1.165) is 6.42 Å². The number of anilines is 1. The first-order chi connectivity index (χ1) is 16.9. The number of amidine groups is 1. The number of nitrogens with one attached hydrogen (secondary N) is 1. The van der Waals surface area contributed by atoms with E-state index in [9.17, 15) is 14.7 Å². The Morgan fingerprint density at radius 3 is 2.89 bits per heavy atom. The number of guanidine groups is 1. The first kappa shape index (κ1) is 21.9. The van der Waals surface area contributed by atoms with E-state index in [1.807, 2.05) is 0 Å². The van der Waals surface area contributed by atoms with Crippen LogP contribution in [-0.4, -0.2) is 91.8 Å². The Balaban J connectivity index is 1.14. The summed E-state index contributed by atoms with van der Waals surface area (Å²) in [4.78, 5) is 48.7. The van der Waals surface area contributed by atoms with Crippen molar-refractivity contribution >= 4 is 48.4 Å². The van der Waals surface area contributed by atoms with Crippen molar-refractivity contribution in [1.29, 1.82) is 0 Å². The number of carbonyl (C=O) groups excluding carboxylic acids is 1. The average molecular weight is 482 g/mol. The molecule has 16 heteroatoms. The van der Waals surface area contributed by atoms with Gasteiger partial charge >= 0.3 is 0 Å². The number of ether oxygens (including phenoxy) is 2. The average Bonchev–Trinajstić information content (AvgIpc) is 3.58. The van der Waals surface area contributed by atoms with Crippen molar-refractivity contribution in [2.24, 2.45) is 20.7 Å². The maximum Gasteiger partial charge on any atom is 0.281 e. The van der Waals surface area contributed by atoms with Crippen LogP contribution in [0.1, 0.15) is 25.5 Å². The Kier molecular flexibility index (Phi) is 5.16. The molecule has 6 heterocycles. The van der Waals surface area contributed by atoms with Crippen LogP contribution in [0.5, 0.6) is 0 Å². The molecular formula is C19H23BN10O5. The molecule has 182 valence electrons. The van der Waals surface area contributed by atoms with Crippen molar-refractivity contribution in [2.45, 2.75) is 55.7 Å². The molecule has 6 rings (SSSR count). The van der Waals surface area contributed by atoms with Crippen molar-refractivity contribution in [3.8, 4) is 0 Å². The van der Waals surface area contributed by atoms with Crippen LogP contribution in [0.3, 0.4) is 0 Å². The maximum atomic E-state index is 12.1. The van der Waals surface area contributed by atoms with Crippen molar-refractivity contribution in [3.05, 3.63) is 16.7 Å². The van der Waals surface area contributed by atoms with Gasteiger partial charge in [0.1, 0.15) is 12.5 Å². The number of aliphatic hydroxyl groups excluding tert-OH is 1. The fourth-order valence-electron chi connectivity index (χ4n) is 5.19. The molecule has 0 spiro atoms. The number of nitrogens with two attached hydrogens (primary N) is 2. The number of imidazole rings is 1. The van der Waals surface area contributed by atoms with E-state index >= 15 is 0 Å². The van der Waals surface area contributed by atoms with Crippen LogP contribution in [0.15, 0.2) is 26.1 Å². The third kappa shape index (κ3) is 3.69. The second-order valence-electron chi connectivity index (χ2n) is 8.96. The van der Waals surface area contributed by atoms with Crippen LogP contribution in [0.25, 0.3) is 11.2 Å². The van der Waals surface area contributed by atoms with Crippen LogP contribution in [0.4, 0.5) is 5.95 Å². The molecular weight excluding hydrogens is 459 g/mol. The Hall–Kier alpha value is -3.63. The van der Waals surface area contributed by atoms with E-state index in [-0.39, 0.29) is 42.1 Å². The van der Waals surface area contributed by atoms with E-state index in [4.69, 9.17) is 20.9 Å². The first-order valence-electron chi connectivity index (χ1n) is 11.3. The van der Waals surface area contributed by atoms with E-state index in [1.54, 1.807) is 9.47 Å². The fourth-order valence-corrected chi connectivity index (χ4v) is 5.19. The number of nitrogens with zero attached hydrogens (tertiary/aromatic N) is 7. The van der Waals surface area contributed by atoms with Crippen molar-refractivity contribution in [1.82, 2.24) is 24.4 Å². The zero-order valence-corrected chi connectivity index (χ0v) is 18.5. The standard InChI is InChI=1S/C19H23BN10O5/c21-18-25-14-12(16(32)27-18)23-5-29(14)10-2-1-9(35-10)20-7-3-11(34-8(7)4-31)30-6-24-13-15(30)26-19(22)28-17(13)33/h5-11,13,20,31H,1-4H2,(H2,22,28,33)(H3,21,25,27,32)/t7-,8+,9-,10+,11+,13?/m0/s1. The molecule has 2 aromatic rings. The van der Waals surface area contributed by atoms with Gasteiger partial charge in [0.25, 0.3) is 11.5 Å². The number of nitrogen functional groups attached to an aromatic ring is 1. The molecule has 6 atom stereocenters. The summed E-state index contributed by atoms with van der Waals surface area (Å²) in [7, 11) is 0.657. The fraction of sp³-hybridized carbons (Fsp3) is 0.526. The minimum atomic E-state index is -0.809. The van der Waals surface area contributed by atoms with Gasteiger partial charge in [-0.1, -0.05) is 0 Å². The van der Waals surface area contributed by atoms with Crippen LogP contribution >= 0.6 is 0 Å². The van der Waals surface area contributed by atoms with Crippen LogP contribution in [0, 0.1) is 0 Å². The van der Waals surface area contributed by atoms with Crippen molar-refractivity contribution in [3.63, 3.8) is 0 Å². The topological polar surface area (TPSA) is 212 Å². The van der Waals surface area contributed by atoms with Crippen molar-refractivity contribution in [2.75, 3.05) is 12.3 Å². The number of amides is 1. The molecule has 35 heavy (non-hydrogen) atoms. The highest BCUT2D eigenvalue weighted by Gasteiger charge is 2.45. The highest BCUT2D eigenvalue weighted by atomic mass is 16.5. The molecule has 2 aromatic heterocycles. The number of hydrogen-bond acceptors (Lipinski definition) is 12. The molecule has 1 unspecified atom stereocenters. The number of rotatable bonds is 5. The SMILES string of the molecule is NC1=NC(=O)C2N=CN([C@H]3C[C@H](B[C@@H]4CC[C@H](n5cnc6c(=O)[nH]c(N)nc65)O4)[C@@H](CO)O3)C2=N1. The third-order valence-electron chi connectivity index (χ3n) is 6.80. The van der Waals surface area contributed by atoms with Crippen LogP contribution in [0.2, 0.25) is 5.82 Å². The molecule has 6 N–H and O–H groups in total. The van der Waals surface area contributed by atoms with Crippen LogP contribution < -0.4 is 17.0 Å². The molecule has 0 bridgehead atoms. The second kappa shape index (κ2) is 8.25. The minimum absolute atomic E-state index is 0.00301. The summed E-state index contributed by atoms with van der Waals surface area (Å²) < 4.78 is 14.1. The van der Waals surface area contributed by atoms with Gasteiger partial charge in [0.2, 0.25) is 11.9 Å². The quantitative estimate of drug-likeness (QED) is 0.333. The lowest BCUT2D eigenvalue weighted by atomic mass is 9.56. The van der Waals surface area contributed by atoms with Gasteiger partial charge in [0.15, 0.2) is 30.3 Å². The summed E-state index contributed by atoms with van der Waals surface area (Å²) in [6, 6.07) is -0.897. The van der Waals surface area contributed by atoms with E-state index in [0.29, 0.717) is 31.6 Å². The molecule has 0 aliphatic carbocycles. The number of aromatic amines is 1. The maximum absolute atomic E-state index is 12.1. The van der Waals surface area contributed by atoms with Crippen LogP contribution in [-0.2, 0) is 14.3 Å². The molecule has 2 saturated heterocycles. The number of aromatic nitrogens is 4. The second-order valence-corrected chi connectivity index (χ2v) is 8.96. The first-order valence-corrected chi connectivity index (χ1v) is 11.3. The predicted octanol–water partition coefficient (Wildman–Crippen LogP) is -2.36. The summed E-state index contributed by atoms with van der Waals surface area (Å²) in [6.45, 7) is -0.154. The van der Waals surface area contributed by atoms with Gasteiger partial charge in [-0.2, -0.15) is 15.0 Å². The number of hydrogen-bond donors (Lipinski definition) is 4. The van der Waals surface area contributed by atoms with Gasteiger partial charge in [-0.3, -0.25) is 29.0 Å². The van der Waals surface area contributed by atoms with Gasteiger partial charge in [-0.05, 0) is 25.1 Å². The molecule has 1 amide bonds. The lowest BCUT2D eigenvalue weighted by molar-refractivity contribution is -0.117. The zero-order chi connectivity index (χ0) is 24.3. The molecule has 4 aliphatic rings. The van der Waals surface area contributed by atoms with Gasteiger partial charge < -0.3 is 26.0 Å². The van der Waals surface area contributed by atoms with Gasteiger partial charge in [0, 0.05) is 6.00 Å². The monoisotopic (exact) mass is 482 g/mol. The highest BCUT2D eigenvalue weighted by molar-refractivity contribution is 6.39. The predicted molar refractivity (Wildman–Crippen MR) is 125 cm³/mol. The molecule has 15 nitrogen and oxygen atoms in total. The Morgan fingerprint density at radius 1 is 1.20 bits per heavy atom. The van der Waals surface area contributed by atoms with E-state index in [1.165, 1.54) is 12.7 Å². The minimum Gasteiger partial charge on any atom is -0.394 e. The third-order valence-corrected chi connectivity index (χ3v) is 6.80. The summed E-state index contributed by atoms with van der Waals surface area (Å²) >= 11 is 0. The lowest BCUT2D eigenvalue weighted by Gasteiger charge is -2.25.